The second-order valence-corrected chi connectivity index (χ2v) is 9.70. The Morgan fingerprint density at radius 2 is 1.89 bits per heavy atom. The molecular formula is C29H25BrN2O4. The molecule has 0 saturated carbocycles. The first-order valence-electron chi connectivity index (χ1n) is 11.7. The van der Waals surface area contributed by atoms with Crippen molar-refractivity contribution in [1.29, 1.82) is 0 Å². The zero-order valence-electron chi connectivity index (χ0n) is 19.7. The number of ether oxygens (including phenoxy) is 1. The minimum Gasteiger partial charge on any atom is -0.503 e. The Morgan fingerprint density at radius 1 is 1.08 bits per heavy atom. The van der Waals surface area contributed by atoms with E-state index in [-0.39, 0.29) is 17.8 Å². The van der Waals surface area contributed by atoms with Crippen LogP contribution in [0.25, 0.3) is 10.9 Å². The van der Waals surface area contributed by atoms with Crippen LogP contribution < -0.4 is 4.74 Å². The molecule has 2 heterocycles. The van der Waals surface area contributed by atoms with Crippen molar-refractivity contribution in [2.45, 2.75) is 18.9 Å². The molecule has 3 aromatic carbocycles. The molecule has 0 bridgehead atoms. The number of aromatic nitrogens is 1. The van der Waals surface area contributed by atoms with E-state index in [0.717, 1.165) is 37.8 Å². The Balaban J connectivity index is 1.47. The van der Waals surface area contributed by atoms with Gasteiger partial charge < -0.3 is 19.7 Å². The largest absolute Gasteiger partial charge is 0.503 e. The normalized spacial score (nSPS) is 15.7. The number of hydrogen-bond acceptors (Lipinski definition) is 4. The molecule has 0 unspecified atom stereocenters. The lowest BCUT2D eigenvalue weighted by atomic mass is 9.93. The zero-order chi connectivity index (χ0) is 25.2. The molecule has 0 fully saturated rings. The van der Waals surface area contributed by atoms with Crippen LogP contribution in [-0.2, 0) is 22.4 Å². The first-order chi connectivity index (χ1) is 17.5. The van der Waals surface area contributed by atoms with Crippen LogP contribution in [0.4, 0.5) is 0 Å². The summed E-state index contributed by atoms with van der Waals surface area (Å²) in [6.07, 6.45) is 2.57. The molecule has 1 aromatic heterocycles. The van der Waals surface area contributed by atoms with Gasteiger partial charge in [-0.2, -0.15) is 0 Å². The molecule has 4 aromatic rings. The molecule has 1 aliphatic heterocycles. The maximum Gasteiger partial charge on any atom is 0.290 e. The number of carbonyl (C=O) groups is 2. The van der Waals surface area contributed by atoms with E-state index in [2.05, 4.69) is 20.9 Å². The molecule has 0 radical (unpaired) electrons. The van der Waals surface area contributed by atoms with E-state index in [1.54, 1.807) is 12.0 Å². The summed E-state index contributed by atoms with van der Waals surface area (Å²) >= 11 is 3.50. The van der Waals surface area contributed by atoms with Gasteiger partial charge in [-0.25, -0.2) is 0 Å². The number of aliphatic hydroxyl groups excluding tert-OH is 1. The molecule has 1 atom stereocenters. The second kappa shape index (κ2) is 10.0. The number of Topliss-reactive ketones (excluding diaryl/α,β-unsaturated/α-hetero) is 1. The van der Waals surface area contributed by atoms with Crippen molar-refractivity contribution >= 4 is 38.5 Å². The van der Waals surface area contributed by atoms with E-state index in [1.807, 2.05) is 79.0 Å². The molecule has 0 saturated heterocycles. The van der Waals surface area contributed by atoms with Gasteiger partial charge in [0.1, 0.15) is 5.75 Å². The smallest absolute Gasteiger partial charge is 0.290 e. The van der Waals surface area contributed by atoms with Gasteiger partial charge in [-0.05, 0) is 53.4 Å². The maximum atomic E-state index is 13.4. The standard InChI is InChI=1S/C29H25BrN2O4/c1-36-22-10-11-24-23(16-22)20(17-31-24)12-13-32-27(19-8-5-9-21(30)15-19)26(28(34)29(32)35)25(33)14-18-6-3-2-4-7-18/h2-11,15-17,27,31,34H,12-14H2,1H3/t27-/m1/s1. The molecule has 7 heteroatoms. The zero-order valence-corrected chi connectivity index (χ0v) is 21.3. The first kappa shape index (κ1) is 23.9. The van der Waals surface area contributed by atoms with Gasteiger partial charge in [-0.15, -0.1) is 0 Å². The van der Waals surface area contributed by atoms with Crippen LogP contribution >= 0.6 is 15.9 Å². The number of rotatable bonds is 8. The third-order valence-electron chi connectivity index (χ3n) is 6.57. The predicted molar refractivity (Wildman–Crippen MR) is 142 cm³/mol. The van der Waals surface area contributed by atoms with E-state index < -0.39 is 17.7 Å². The summed E-state index contributed by atoms with van der Waals surface area (Å²) in [6.45, 7) is 0.326. The van der Waals surface area contributed by atoms with Gasteiger partial charge in [0.2, 0.25) is 0 Å². The number of halogens is 1. The van der Waals surface area contributed by atoms with Gasteiger partial charge in [0, 0.05) is 34.5 Å². The van der Waals surface area contributed by atoms with Crippen molar-refractivity contribution < 1.29 is 19.4 Å². The van der Waals surface area contributed by atoms with Crippen molar-refractivity contribution in [1.82, 2.24) is 9.88 Å². The number of nitrogens with one attached hydrogen (secondary N) is 1. The molecule has 0 spiro atoms. The van der Waals surface area contributed by atoms with E-state index >= 15 is 0 Å². The topological polar surface area (TPSA) is 82.6 Å². The summed E-state index contributed by atoms with van der Waals surface area (Å²) < 4.78 is 6.20. The van der Waals surface area contributed by atoms with Crippen LogP contribution in [0.5, 0.6) is 5.75 Å². The number of fused-ring (bicyclic) bond motifs is 1. The Bertz CT molecular complexity index is 1480. The highest BCUT2D eigenvalue weighted by Crippen LogP contribution is 2.39. The second-order valence-electron chi connectivity index (χ2n) is 8.78. The number of benzene rings is 3. The number of methoxy groups -OCH3 is 1. The molecule has 182 valence electrons. The summed E-state index contributed by atoms with van der Waals surface area (Å²) in [5.74, 6) is -0.521. The molecule has 5 rings (SSSR count). The molecule has 2 N–H and O–H groups in total. The number of nitrogens with zero attached hydrogens (tertiary/aromatic N) is 1. The molecule has 0 aliphatic carbocycles. The van der Waals surface area contributed by atoms with Crippen molar-refractivity contribution in [3.8, 4) is 5.75 Å². The summed E-state index contributed by atoms with van der Waals surface area (Å²) in [7, 11) is 1.63. The van der Waals surface area contributed by atoms with E-state index in [1.165, 1.54) is 0 Å². The minimum absolute atomic E-state index is 0.105. The Labute approximate surface area is 217 Å². The van der Waals surface area contributed by atoms with Crippen LogP contribution in [0, 0.1) is 0 Å². The van der Waals surface area contributed by atoms with Crippen LogP contribution in [0.2, 0.25) is 0 Å². The van der Waals surface area contributed by atoms with Gasteiger partial charge >= 0.3 is 0 Å². The highest BCUT2D eigenvalue weighted by atomic mass is 79.9. The van der Waals surface area contributed by atoms with Crippen LogP contribution in [0.1, 0.15) is 22.7 Å². The number of H-pyrrole nitrogens is 1. The Kier molecular flexibility index (Phi) is 6.65. The number of carbonyl (C=O) groups excluding carboxylic acids is 2. The summed E-state index contributed by atoms with van der Waals surface area (Å²) in [4.78, 5) is 31.6. The van der Waals surface area contributed by atoms with Gasteiger partial charge in [-0.1, -0.05) is 58.4 Å². The monoisotopic (exact) mass is 544 g/mol. The third-order valence-corrected chi connectivity index (χ3v) is 7.07. The molecular weight excluding hydrogens is 520 g/mol. The van der Waals surface area contributed by atoms with E-state index in [0.29, 0.717) is 13.0 Å². The lowest BCUT2D eigenvalue weighted by Gasteiger charge is -2.27. The summed E-state index contributed by atoms with van der Waals surface area (Å²) in [5, 5.41) is 11.9. The number of aliphatic hydroxyl groups is 1. The average Bonchev–Trinajstić information content (AvgIpc) is 3.40. The third kappa shape index (κ3) is 4.54. The van der Waals surface area contributed by atoms with Crippen LogP contribution in [0.15, 0.2) is 94.8 Å². The number of hydrogen-bond donors (Lipinski definition) is 2. The summed E-state index contributed by atoms with van der Waals surface area (Å²) in [5.41, 5.74) is 3.73. The Hall–Kier alpha value is -3.84. The number of ketones is 1. The van der Waals surface area contributed by atoms with E-state index in [9.17, 15) is 14.7 Å². The van der Waals surface area contributed by atoms with E-state index in [4.69, 9.17) is 4.74 Å². The lowest BCUT2D eigenvalue weighted by molar-refractivity contribution is -0.129. The van der Waals surface area contributed by atoms with Gasteiger partial charge in [-0.3, -0.25) is 9.59 Å². The molecule has 1 amide bonds. The minimum atomic E-state index is -0.675. The van der Waals surface area contributed by atoms with Crippen molar-refractivity contribution in [3.05, 3.63) is 111 Å². The van der Waals surface area contributed by atoms with Crippen LogP contribution in [0.3, 0.4) is 0 Å². The molecule has 36 heavy (non-hydrogen) atoms. The fourth-order valence-corrected chi connectivity index (χ4v) is 5.22. The van der Waals surface area contributed by atoms with Crippen molar-refractivity contribution in [2.75, 3.05) is 13.7 Å². The highest BCUT2D eigenvalue weighted by Gasteiger charge is 2.43. The van der Waals surface area contributed by atoms with Crippen LogP contribution in [-0.4, -0.2) is 40.3 Å². The van der Waals surface area contributed by atoms with Crippen molar-refractivity contribution in [2.24, 2.45) is 0 Å². The summed E-state index contributed by atoms with van der Waals surface area (Å²) in [6, 6.07) is 22.0. The maximum absolute atomic E-state index is 13.4. The Morgan fingerprint density at radius 3 is 2.64 bits per heavy atom. The fraction of sp³-hybridized carbons (Fsp3) is 0.172. The number of amides is 1. The van der Waals surface area contributed by atoms with Gasteiger partial charge in [0.15, 0.2) is 11.5 Å². The molecule has 1 aliphatic rings. The fourth-order valence-electron chi connectivity index (χ4n) is 4.80. The van der Waals surface area contributed by atoms with Gasteiger partial charge in [0.05, 0.1) is 18.7 Å². The SMILES string of the molecule is COc1ccc2[nH]cc(CCN3C(=O)C(O)=C(C(=O)Cc4ccccc4)[C@H]3c3cccc(Br)c3)c2c1. The molecule has 6 nitrogen and oxygen atoms in total. The highest BCUT2D eigenvalue weighted by molar-refractivity contribution is 9.10. The predicted octanol–water partition coefficient (Wildman–Crippen LogP) is 5.69. The quantitative estimate of drug-likeness (QED) is 0.298. The van der Waals surface area contributed by atoms with Gasteiger partial charge in [0.25, 0.3) is 5.91 Å². The lowest BCUT2D eigenvalue weighted by Crippen LogP contribution is -2.33. The average molecular weight is 545 g/mol. The first-order valence-corrected chi connectivity index (χ1v) is 12.5. The van der Waals surface area contributed by atoms with Crippen molar-refractivity contribution in [3.63, 3.8) is 0 Å². The number of aromatic amines is 1.